The van der Waals surface area contributed by atoms with Gasteiger partial charge in [-0.25, -0.2) is 9.97 Å². The van der Waals surface area contributed by atoms with Gasteiger partial charge < -0.3 is 28.9 Å². The number of methoxy groups -OCH3 is 2. The summed E-state index contributed by atoms with van der Waals surface area (Å²) in [6.07, 6.45) is 13.0. The average Bonchev–Trinajstić information content (AvgIpc) is 3.84. The second-order valence-electron chi connectivity index (χ2n) is 12.0. The summed E-state index contributed by atoms with van der Waals surface area (Å²) in [4.78, 5) is 67.6. The van der Waals surface area contributed by atoms with Crippen molar-refractivity contribution >= 4 is 45.8 Å². The first kappa shape index (κ1) is 36.4. The molecule has 14 heteroatoms. The number of amides is 2. The second kappa shape index (κ2) is 16.3. The van der Waals surface area contributed by atoms with E-state index in [-0.39, 0.29) is 5.69 Å². The van der Waals surface area contributed by atoms with Crippen LogP contribution < -0.4 is 20.1 Å². The van der Waals surface area contributed by atoms with Gasteiger partial charge in [0.1, 0.15) is 11.4 Å². The van der Waals surface area contributed by atoms with Gasteiger partial charge in [0, 0.05) is 77.0 Å². The Balaban J connectivity index is 0.000000172. The normalized spacial score (nSPS) is 10.6. The topological polar surface area (TPSA) is 171 Å². The Hall–Kier alpha value is -8.00. The van der Waals surface area contributed by atoms with Crippen molar-refractivity contribution < 1.29 is 28.7 Å². The van der Waals surface area contributed by atoms with Crippen LogP contribution in [0.15, 0.2) is 147 Å². The number of nitrogens with one attached hydrogen (secondary N) is 2. The van der Waals surface area contributed by atoms with Crippen molar-refractivity contribution in [1.82, 2.24) is 28.7 Å². The van der Waals surface area contributed by atoms with Crippen molar-refractivity contribution in [2.45, 2.75) is 0 Å². The molecule has 0 aliphatic rings. The monoisotopic (exact) mass is 744 g/mol. The molecule has 2 N–H and O–H groups in total. The van der Waals surface area contributed by atoms with Crippen LogP contribution in [-0.2, 0) is 9.59 Å². The Kier molecular flexibility index (Phi) is 10.6. The number of rotatable bonds is 10. The lowest BCUT2D eigenvalue weighted by Gasteiger charge is -2.08. The Bertz CT molecular complexity index is 2490. The number of pyridine rings is 6. The fraction of sp³-hybridized carbons (Fsp3) is 0.0476. The van der Waals surface area contributed by atoms with Crippen LogP contribution >= 0.6 is 0 Å². The maximum Gasteiger partial charge on any atom is 0.298 e. The molecule has 0 bridgehead atoms. The van der Waals surface area contributed by atoms with Crippen molar-refractivity contribution in [1.29, 1.82) is 0 Å². The summed E-state index contributed by atoms with van der Waals surface area (Å²) in [5.41, 5.74) is 5.89. The van der Waals surface area contributed by atoms with Crippen LogP contribution in [0.5, 0.6) is 11.8 Å². The Morgan fingerprint density at radius 2 is 1.05 bits per heavy atom. The van der Waals surface area contributed by atoms with Gasteiger partial charge in [0.05, 0.1) is 38.0 Å². The maximum absolute atomic E-state index is 13.0. The number of carbonyl (C=O) groups is 4. The molecule has 0 spiro atoms. The molecule has 0 saturated carbocycles. The van der Waals surface area contributed by atoms with Gasteiger partial charge in [0.2, 0.25) is 11.8 Å². The highest BCUT2D eigenvalue weighted by Gasteiger charge is 2.26. The van der Waals surface area contributed by atoms with Crippen LogP contribution in [0.2, 0.25) is 0 Å². The van der Waals surface area contributed by atoms with E-state index in [4.69, 9.17) is 9.47 Å². The summed E-state index contributed by atoms with van der Waals surface area (Å²) in [7, 11) is 3.00. The van der Waals surface area contributed by atoms with E-state index in [2.05, 4.69) is 30.6 Å². The lowest BCUT2D eigenvalue weighted by atomic mass is 10.0. The van der Waals surface area contributed by atoms with E-state index < -0.39 is 23.4 Å². The molecule has 2 amide bonds. The molecular weight excluding hydrogens is 713 g/mol. The summed E-state index contributed by atoms with van der Waals surface area (Å²) in [6.45, 7) is 0. The standard InChI is InChI=1S/2C21H16N4O3/c1-28-18-8-7-15(13-23-18)24-21(27)20(26)19-17(14-5-4-9-22-12-14)11-16-6-2-3-10-25(16)19;1-28-18-6-5-15(13-23-18)24-21(27)20(26)19-17(14-7-9-22-10-8-14)12-16-4-2-3-11-25(16)19/h2*2-13H,1H3,(H,24,27). The van der Waals surface area contributed by atoms with Gasteiger partial charge in [0.15, 0.2) is 0 Å². The number of nitrogens with zero attached hydrogens (tertiary/aromatic N) is 6. The highest BCUT2D eigenvalue weighted by atomic mass is 16.5. The van der Waals surface area contributed by atoms with Crippen molar-refractivity contribution in [2.24, 2.45) is 0 Å². The molecule has 0 radical (unpaired) electrons. The number of aromatic nitrogens is 6. The number of carbonyl (C=O) groups excluding carboxylic acids is 4. The van der Waals surface area contributed by atoms with Gasteiger partial charge in [-0.3, -0.25) is 29.1 Å². The first-order valence-electron chi connectivity index (χ1n) is 17.1. The zero-order valence-electron chi connectivity index (χ0n) is 30.0. The Labute approximate surface area is 319 Å². The quantitative estimate of drug-likeness (QED) is 0.117. The minimum absolute atomic E-state index is 0.280. The smallest absolute Gasteiger partial charge is 0.298 e. The number of ether oxygens (including phenoxy) is 2. The number of hydrogen-bond acceptors (Lipinski definition) is 10. The minimum Gasteiger partial charge on any atom is -0.481 e. The second-order valence-corrected chi connectivity index (χ2v) is 12.0. The van der Waals surface area contributed by atoms with Gasteiger partial charge in [-0.05, 0) is 72.3 Å². The summed E-state index contributed by atoms with van der Waals surface area (Å²) in [6, 6.07) is 28.6. The number of hydrogen-bond donors (Lipinski definition) is 2. The van der Waals surface area contributed by atoms with Crippen molar-refractivity contribution in [2.75, 3.05) is 24.9 Å². The van der Waals surface area contributed by atoms with Crippen LogP contribution in [0, 0.1) is 0 Å². The minimum atomic E-state index is -0.749. The number of anilines is 2. The van der Waals surface area contributed by atoms with Gasteiger partial charge in [-0.2, -0.15) is 0 Å². The molecule has 14 nitrogen and oxygen atoms in total. The molecular formula is C42H32N8O6. The van der Waals surface area contributed by atoms with Crippen LogP contribution in [0.3, 0.4) is 0 Å². The number of Topliss-reactive ketones (excluding diaryl/α,β-unsaturated/α-hetero) is 2. The lowest BCUT2D eigenvalue weighted by molar-refractivity contribution is -0.113. The Morgan fingerprint density at radius 1 is 0.536 bits per heavy atom. The van der Waals surface area contributed by atoms with E-state index >= 15 is 0 Å². The van der Waals surface area contributed by atoms with Crippen molar-refractivity contribution in [3.63, 3.8) is 0 Å². The first-order valence-corrected chi connectivity index (χ1v) is 17.1. The summed E-state index contributed by atoms with van der Waals surface area (Å²) in [5.74, 6) is -1.95. The predicted molar refractivity (Wildman–Crippen MR) is 209 cm³/mol. The molecule has 0 unspecified atom stereocenters. The van der Waals surface area contributed by atoms with Gasteiger partial charge in [-0.1, -0.05) is 18.2 Å². The van der Waals surface area contributed by atoms with Crippen molar-refractivity contribution in [3.8, 4) is 34.0 Å². The maximum atomic E-state index is 13.0. The SMILES string of the molecule is COc1ccc(NC(=O)C(=O)c2c(-c3cccnc3)cc3ccccn23)cn1.COc1ccc(NC(=O)C(=O)c2c(-c3ccncc3)cc3ccccn23)cn1. The van der Waals surface area contributed by atoms with Crippen LogP contribution in [0.1, 0.15) is 21.0 Å². The first-order chi connectivity index (χ1) is 27.3. The number of fused-ring (bicyclic) bond motifs is 2. The Morgan fingerprint density at radius 3 is 1.50 bits per heavy atom. The van der Waals surface area contributed by atoms with E-state index in [9.17, 15) is 19.2 Å². The molecule has 8 heterocycles. The van der Waals surface area contributed by atoms with Gasteiger partial charge in [-0.15, -0.1) is 0 Å². The largest absolute Gasteiger partial charge is 0.481 e. The summed E-state index contributed by atoms with van der Waals surface area (Å²) < 4.78 is 13.4. The fourth-order valence-electron chi connectivity index (χ4n) is 5.94. The third-order valence-electron chi connectivity index (χ3n) is 8.57. The highest BCUT2D eigenvalue weighted by Crippen LogP contribution is 2.29. The van der Waals surface area contributed by atoms with Gasteiger partial charge >= 0.3 is 0 Å². The highest BCUT2D eigenvalue weighted by molar-refractivity contribution is 6.48. The van der Waals surface area contributed by atoms with Gasteiger partial charge in [0.25, 0.3) is 23.4 Å². The average molecular weight is 745 g/mol. The molecule has 0 aliphatic carbocycles. The summed E-state index contributed by atoms with van der Waals surface area (Å²) >= 11 is 0. The molecule has 0 fully saturated rings. The van der Waals surface area contributed by atoms with E-state index in [1.54, 1.807) is 88.4 Å². The molecule has 0 saturated heterocycles. The molecule has 0 aromatic carbocycles. The number of ketones is 2. The van der Waals surface area contributed by atoms with E-state index in [1.165, 1.54) is 26.6 Å². The predicted octanol–water partition coefficient (Wildman–Crippen LogP) is 6.45. The zero-order chi connectivity index (χ0) is 39.0. The molecule has 276 valence electrons. The third-order valence-corrected chi connectivity index (χ3v) is 8.57. The molecule has 0 atom stereocenters. The molecule has 8 aromatic heterocycles. The van der Waals surface area contributed by atoms with Crippen LogP contribution in [0.4, 0.5) is 11.4 Å². The van der Waals surface area contributed by atoms with E-state index in [0.717, 1.165) is 22.2 Å². The molecule has 8 rings (SSSR count). The molecule has 8 aromatic rings. The third kappa shape index (κ3) is 7.70. The van der Waals surface area contributed by atoms with E-state index in [0.29, 0.717) is 40.0 Å². The van der Waals surface area contributed by atoms with Crippen LogP contribution in [-0.4, -0.2) is 66.3 Å². The van der Waals surface area contributed by atoms with Crippen LogP contribution in [0.25, 0.3) is 33.3 Å². The van der Waals surface area contributed by atoms with E-state index in [1.807, 2.05) is 54.6 Å². The summed E-state index contributed by atoms with van der Waals surface area (Å²) in [5, 5.41) is 5.18. The molecule has 56 heavy (non-hydrogen) atoms. The lowest BCUT2D eigenvalue weighted by Crippen LogP contribution is -2.24. The molecule has 0 aliphatic heterocycles. The zero-order valence-corrected chi connectivity index (χ0v) is 30.0. The fourth-order valence-corrected chi connectivity index (χ4v) is 5.94. The van der Waals surface area contributed by atoms with Crippen molar-refractivity contribution in [3.05, 3.63) is 158 Å².